The highest BCUT2D eigenvalue weighted by Crippen LogP contribution is 2.33. The number of morpholine rings is 1. The maximum Gasteiger partial charge on any atom is 0.387 e. The lowest BCUT2D eigenvalue weighted by atomic mass is 10.2. The second-order valence-corrected chi connectivity index (χ2v) is 9.69. The van der Waals surface area contributed by atoms with Gasteiger partial charge in [-0.2, -0.15) is 13.1 Å². The first kappa shape index (κ1) is 23.4. The zero-order chi connectivity index (χ0) is 23.4. The number of benzene rings is 2. The van der Waals surface area contributed by atoms with Gasteiger partial charge in [-0.15, -0.1) is 0 Å². The van der Waals surface area contributed by atoms with Gasteiger partial charge in [0.2, 0.25) is 10.0 Å². The third-order valence-electron chi connectivity index (χ3n) is 5.59. The molecular formula is C22H25F2N3O5S. The largest absolute Gasteiger partial charge is 0.435 e. The van der Waals surface area contributed by atoms with E-state index in [0.29, 0.717) is 24.6 Å². The van der Waals surface area contributed by atoms with Crippen LogP contribution in [0.2, 0.25) is 0 Å². The minimum absolute atomic E-state index is 0.0671. The van der Waals surface area contributed by atoms with E-state index in [1.165, 1.54) is 34.6 Å². The molecule has 1 amide bonds. The van der Waals surface area contributed by atoms with Gasteiger partial charge in [0.1, 0.15) is 5.75 Å². The minimum Gasteiger partial charge on any atom is -0.435 e. The van der Waals surface area contributed by atoms with Crippen LogP contribution in [0.25, 0.3) is 0 Å². The summed E-state index contributed by atoms with van der Waals surface area (Å²) in [5.41, 5.74) is 1.17. The summed E-state index contributed by atoms with van der Waals surface area (Å²) in [7, 11) is -3.77. The monoisotopic (exact) mass is 481 g/mol. The van der Waals surface area contributed by atoms with Crippen LogP contribution in [0.4, 0.5) is 20.2 Å². The summed E-state index contributed by atoms with van der Waals surface area (Å²) in [6, 6.07) is 10.1. The Bertz CT molecular complexity index is 1100. The van der Waals surface area contributed by atoms with E-state index in [1.54, 1.807) is 12.1 Å². The second kappa shape index (κ2) is 10.0. The molecule has 1 N–H and O–H groups in total. The maximum absolute atomic E-state index is 13.1. The fraction of sp³-hybridized carbons (Fsp3) is 0.409. The molecule has 0 spiro atoms. The lowest BCUT2D eigenvalue weighted by Gasteiger charge is -2.27. The number of anilines is 2. The van der Waals surface area contributed by atoms with Gasteiger partial charge in [-0.25, -0.2) is 8.42 Å². The van der Waals surface area contributed by atoms with Crippen LogP contribution >= 0.6 is 0 Å². The van der Waals surface area contributed by atoms with Gasteiger partial charge in [0.25, 0.3) is 5.91 Å². The number of carbonyl (C=O) groups is 1. The number of hydrogen-bond acceptors (Lipinski definition) is 6. The van der Waals surface area contributed by atoms with Crippen molar-refractivity contribution in [3.63, 3.8) is 0 Å². The minimum atomic E-state index is -3.77. The van der Waals surface area contributed by atoms with Crippen molar-refractivity contribution >= 4 is 27.3 Å². The Kier molecular flexibility index (Phi) is 7.11. The predicted octanol–water partition coefficient (Wildman–Crippen LogP) is 3.16. The normalized spacial score (nSPS) is 17.4. The summed E-state index contributed by atoms with van der Waals surface area (Å²) in [5.74, 6) is -0.697. The average molecular weight is 482 g/mol. The second-order valence-electron chi connectivity index (χ2n) is 7.75. The van der Waals surface area contributed by atoms with E-state index in [9.17, 15) is 22.0 Å². The molecule has 0 bridgehead atoms. The first-order chi connectivity index (χ1) is 15.8. The standard InChI is InChI=1S/C22H25F2N3O5S/c23-22(24)32-17-5-3-4-16(14-17)21(28)25-19-15-18(6-7-20(19)26-8-1-2-9-26)33(29,30)27-10-12-31-13-11-27/h3-7,14-15,22H,1-2,8-13H2,(H,25,28). The number of amides is 1. The van der Waals surface area contributed by atoms with Crippen LogP contribution in [0.3, 0.4) is 0 Å². The SMILES string of the molecule is O=C(Nc1cc(S(=O)(=O)N2CCOCC2)ccc1N1CCCC1)c1cccc(OC(F)F)c1. The van der Waals surface area contributed by atoms with Gasteiger partial charge < -0.3 is 19.7 Å². The van der Waals surface area contributed by atoms with E-state index in [1.807, 2.05) is 0 Å². The highest BCUT2D eigenvalue weighted by atomic mass is 32.2. The molecule has 2 aromatic carbocycles. The smallest absolute Gasteiger partial charge is 0.387 e. The summed E-state index contributed by atoms with van der Waals surface area (Å²) in [5, 5.41) is 2.77. The Balaban J connectivity index is 1.65. The molecule has 2 aliphatic rings. The van der Waals surface area contributed by atoms with E-state index >= 15 is 0 Å². The van der Waals surface area contributed by atoms with E-state index < -0.39 is 22.5 Å². The van der Waals surface area contributed by atoms with Crippen LogP contribution in [0, 0.1) is 0 Å². The summed E-state index contributed by atoms with van der Waals surface area (Å²) >= 11 is 0. The Hall–Kier alpha value is -2.76. The van der Waals surface area contributed by atoms with Gasteiger partial charge in [-0.3, -0.25) is 4.79 Å². The van der Waals surface area contributed by atoms with Gasteiger partial charge >= 0.3 is 6.61 Å². The molecule has 2 aliphatic heterocycles. The number of alkyl halides is 2. The number of nitrogens with zero attached hydrogens (tertiary/aromatic N) is 2. The Morgan fingerprint density at radius 2 is 1.76 bits per heavy atom. The number of carbonyl (C=O) groups excluding carboxylic acids is 1. The Morgan fingerprint density at radius 1 is 1.03 bits per heavy atom. The molecule has 11 heteroatoms. The molecule has 178 valence electrons. The molecule has 4 rings (SSSR count). The Morgan fingerprint density at radius 3 is 2.45 bits per heavy atom. The zero-order valence-corrected chi connectivity index (χ0v) is 18.7. The van der Waals surface area contributed by atoms with Crippen molar-refractivity contribution in [3.05, 3.63) is 48.0 Å². The van der Waals surface area contributed by atoms with Crippen molar-refractivity contribution in [1.29, 1.82) is 0 Å². The van der Waals surface area contributed by atoms with E-state index in [2.05, 4.69) is 15.0 Å². The van der Waals surface area contributed by atoms with Crippen molar-refractivity contribution in [2.45, 2.75) is 24.3 Å². The number of ether oxygens (including phenoxy) is 2. The zero-order valence-electron chi connectivity index (χ0n) is 17.9. The molecule has 2 fully saturated rings. The van der Waals surface area contributed by atoms with Crippen LogP contribution in [-0.2, 0) is 14.8 Å². The maximum atomic E-state index is 13.1. The molecule has 2 heterocycles. The fourth-order valence-electron chi connectivity index (χ4n) is 3.95. The lowest BCUT2D eigenvalue weighted by molar-refractivity contribution is -0.0498. The van der Waals surface area contributed by atoms with Gasteiger partial charge in [0, 0.05) is 31.7 Å². The van der Waals surface area contributed by atoms with Crippen LogP contribution in [0.5, 0.6) is 5.75 Å². The summed E-state index contributed by atoms with van der Waals surface area (Å²) in [4.78, 5) is 15.1. The van der Waals surface area contributed by atoms with Gasteiger partial charge in [-0.1, -0.05) is 6.07 Å². The predicted molar refractivity (Wildman–Crippen MR) is 118 cm³/mol. The quantitative estimate of drug-likeness (QED) is 0.654. The third-order valence-corrected chi connectivity index (χ3v) is 7.49. The number of nitrogens with one attached hydrogen (secondary N) is 1. The molecular weight excluding hydrogens is 456 g/mol. The highest BCUT2D eigenvalue weighted by molar-refractivity contribution is 7.89. The van der Waals surface area contributed by atoms with Gasteiger partial charge in [0.15, 0.2) is 0 Å². The topological polar surface area (TPSA) is 88.2 Å². The van der Waals surface area contributed by atoms with E-state index in [0.717, 1.165) is 25.9 Å². The molecule has 8 nitrogen and oxygen atoms in total. The van der Waals surface area contributed by atoms with Crippen molar-refractivity contribution in [2.24, 2.45) is 0 Å². The van der Waals surface area contributed by atoms with Crippen LogP contribution in [0.15, 0.2) is 47.4 Å². The molecule has 0 saturated carbocycles. The molecule has 0 unspecified atom stereocenters. The third kappa shape index (κ3) is 5.43. The molecule has 0 atom stereocenters. The number of rotatable bonds is 7. The van der Waals surface area contributed by atoms with Crippen molar-refractivity contribution in [1.82, 2.24) is 4.31 Å². The first-order valence-corrected chi connectivity index (χ1v) is 12.1. The Labute approximate surface area is 191 Å². The molecule has 2 aromatic rings. The van der Waals surface area contributed by atoms with Crippen molar-refractivity contribution in [3.8, 4) is 5.75 Å². The van der Waals surface area contributed by atoms with Crippen molar-refractivity contribution < 1.29 is 31.5 Å². The van der Waals surface area contributed by atoms with E-state index in [4.69, 9.17) is 4.74 Å². The van der Waals surface area contributed by atoms with Crippen molar-refractivity contribution in [2.75, 3.05) is 49.6 Å². The summed E-state index contributed by atoms with van der Waals surface area (Å²) < 4.78 is 62.3. The summed E-state index contributed by atoms with van der Waals surface area (Å²) in [6.07, 6.45) is 1.99. The first-order valence-electron chi connectivity index (χ1n) is 10.7. The number of hydrogen-bond donors (Lipinski definition) is 1. The molecule has 0 radical (unpaired) electrons. The molecule has 0 aromatic heterocycles. The van der Waals surface area contributed by atoms with Gasteiger partial charge in [-0.05, 0) is 49.2 Å². The van der Waals surface area contributed by atoms with Crippen LogP contribution < -0.4 is 15.0 Å². The lowest BCUT2D eigenvalue weighted by Crippen LogP contribution is -2.40. The number of halogens is 2. The number of sulfonamides is 1. The fourth-order valence-corrected chi connectivity index (χ4v) is 5.39. The average Bonchev–Trinajstić information content (AvgIpc) is 3.34. The van der Waals surface area contributed by atoms with Crippen LogP contribution in [-0.4, -0.2) is 64.6 Å². The van der Waals surface area contributed by atoms with Gasteiger partial charge in [0.05, 0.1) is 29.5 Å². The summed E-state index contributed by atoms with van der Waals surface area (Å²) in [6.45, 7) is -0.264. The van der Waals surface area contributed by atoms with E-state index in [-0.39, 0.29) is 29.3 Å². The molecule has 2 saturated heterocycles. The van der Waals surface area contributed by atoms with Crippen LogP contribution in [0.1, 0.15) is 23.2 Å². The molecule has 33 heavy (non-hydrogen) atoms. The molecule has 0 aliphatic carbocycles. The highest BCUT2D eigenvalue weighted by Gasteiger charge is 2.28.